The Kier molecular flexibility index (Phi) is 1.85. The second kappa shape index (κ2) is 2.64. The van der Waals surface area contributed by atoms with Crippen LogP contribution in [0.5, 0.6) is 0 Å². The summed E-state index contributed by atoms with van der Waals surface area (Å²) >= 11 is 0. The average Bonchev–Trinajstić information content (AvgIpc) is 1.90. The Balaban J connectivity index is 3.13. The zero-order valence-corrected chi connectivity index (χ0v) is 5.56. The van der Waals surface area contributed by atoms with Gasteiger partial charge < -0.3 is 0 Å². The van der Waals surface area contributed by atoms with E-state index in [0.717, 1.165) is 0 Å². The first-order valence-electron chi connectivity index (χ1n) is 2.45. The van der Waals surface area contributed by atoms with Gasteiger partial charge in [0.25, 0.3) is 0 Å². The predicted molar refractivity (Wildman–Crippen MR) is 35.8 cm³/mol. The molecule has 1 rings (SSSR count). The van der Waals surface area contributed by atoms with Crippen LogP contribution in [-0.4, -0.2) is 4.21 Å². The van der Waals surface area contributed by atoms with Gasteiger partial charge in [0.2, 0.25) is 0 Å². The van der Waals surface area contributed by atoms with Crippen molar-refractivity contribution >= 4 is 10.6 Å². The number of nitrogens with one attached hydrogen (secondary N) is 1. The highest BCUT2D eigenvalue weighted by Gasteiger charge is 1.84. The van der Waals surface area contributed by atoms with Gasteiger partial charge in [0.05, 0.1) is 10.6 Å². The van der Waals surface area contributed by atoms with Crippen molar-refractivity contribution in [3.05, 3.63) is 30.3 Å². The zero-order chi connectivity index (χ0) is 6.69. The van der Waals surface area contributed by atoms with Crippen LogP contribution in [0.15, 0.2) is 29.2 Å². The molecule has 1 atom stereocenters. The molecule has 0 fully saturated rings. The maximum Gasteiger partial charge on any atom is 0.0616 e. The molecule has 1 radical (unpaired) electrons. The van der Waals surface area contributed by atoms with Gasteiger partial charge in [0.15, 0.2) is 0 Å². The van der Waals surface area contributed by atoms with Gasteiger partial charge in [-0.05, 0) is 18.2 Å². The lowest BCUT2D eigenvalue weighted by atomic mass is 10.4. The molecule has 0 saturated heterocycles. The summed E-state index contributed by atoms with van der Waals surface area (Å²) in [4.78, 5) is 0.559. The van der Waals surface area contributed by atoms with E-state index in [1.165, 1.54) is 0 Å². The van der Waals surface area contributed by atoms with Gasteiger partial charge in [0.1, 0.15) is 0 Å². The molecule has 9 heavy (non-hydrogen) atoms. The van der Waals surface area contributed by atoms with Crippen LogP contribution < -0.4 is 0 Å². The van der Waals surface area contributed by atoms with E-state index in [-0.39, 0.29) is 0 Å². The van der Waals surface area contributed by atoms with Crippen LogP contribution in [0.4, 0.5) is 0 Å². The number of hydrogen-bond acceptors (Lipinski definition) is 2. The van der Waals surface area contributed by atoms with Crippen LogP contribution in [0.1, 0.15) is 0 Å². The first-order valence-corrected chi connectivity index (χ1v) is 3.71. The fourth-order valence-electron chi connectivity index (χ4n) is 0.513. The number of hydrogen-bond donors (Lipinski definition) is 2. The van der Waals surface area contributed by atoms with Crippen molar-refractivity contribution in [2.45, 2.75) is 4.90 Å². The highest BCUT2D eigenvalue weighted by molar-refractivity contribution is 7.73. The molecule has 0 aliphatic heterocycles. The Labute approximate surface area is 55.5 Å². The van der Waals surface area contributed by atoms with Crippen molar-refractivity contribution in [2.24, 2.45) is 0 Å². The Bertz CT molecular complexity index is 245. The molecule has 0 amide bonds. The molecule has 1 aromatic carbocycles. The Hall–Kier alpha value is -0.830. The molecule has 0 saturated carbocycles. The number of rotatable bonds is 1. The third-order valence-corrected chi connectivity index (χ3v) is 1.70. The largest absolute Gasteiger partial charge is 0.251 e. The number of thiol groups is 1. The topological polar surface area (TPSA) is 40.9 Å². The van der Waals surface area contributed by atoms with Crippen molar-refractivity contribution < 1.29 is 4.21 Å². The van der Waals surface area contributed by atoms with Gasteiger partial charge >= 0.3 is 0 Å². The van der Waals surface area contributed by atoms with Crippen LogP contribution >= 0.6 is 0 Å². The molecule has 47 valence electrons. The Morgan fingerprint density at radius 2 is 2.00 bits per heavy atom. The third-order valence-electron chi connectivity index (χ3n) is 0.935. The van der Waals surface area contributed by atoms with Gasteiger partial charge in [-0.2, -0.15) is 0 Å². The molecule has 1 N–H and O–H groups in total. The van der Waals surface area contributed by atoms with Crippen LogP contribution in [0.25, 0.3) is 0 Å². The second-order valence-corrected chi connectivity index (χ2v) is 2.66. The van der Waals surface area contributed by atoms with Crippen LogP contribution in [0.3, 0.4) is 0 Å². The maximum atomic E-state index is 10.4. The van der Waals surface area contributed by atoms with E-state index in [2.05, 4.69) is 6.07 Å². The SMILES string of the molecule is N=[SH](=O)c1cc[c]cc1. The summed E-state index contributed by atoms with van der Waals surface area (Å²) in [6, 6.07) is 9.34. The van der Waals surface area contributed by atoms with Crippen LogP contribution in [-0.2, 0) is 10.6 Å². The van der Waals surface area contributed by atoms with Crippen molar-refractivity contribution in [1.82, 2.24) is 0 Å². The molecule has 0 heterocycles. The Morgan fingerprint density at radius 1 is 1.44 bits per heavy atom. The van der Waals surface area contributed by atoms with E-state index in [1.807, 2.05) is 0 Å². The molecular weight excluding hydrogens is 134 g/mol. The highest BCUT2D eigenvalue weighted by atomic mass is 32.2. The van der Waals surface area contributed by atoms with Crippen LogP contribution in [0.2, 0.25) is 0 Å². The van der Waals surface area contributed by atoms with Crippen molar-refractivity contribution in [3.8, 4) is 0 Å². The molecule has 2 nitrogen and oxygen atoms in total. The lowest BCUT2D eigenvalue weighted by Gasteiger charge is -1.85. The predicted octanol–water partition coefficient (Wildman–Crippen LogP) is 1.09. The summed E-state index contributed by atoms with van der Waals surface area (Å²) in [6.45, 7) is 0. The van der Waals surface area contributed by atoms with E-state index < -0.39 is 10.6 Å². The highest BCUT2D eigenvalue weighted by Crippen LogP contribution is 1.97. The fourth-order valence-corrected chi connectivity index (χ4v) is 0.933. The van der Waals surface area contributed by atoms with E-state index in [4.69, 9.17) is 4.78 Å². The first kappa shape index (κ1) is 6.29. The monoisotopic (exact) mass is 140 g/mol. The minimum Gasteiger partial charge on any atom is -0.251 e. The molecule has 3 heteroatoms. The molecular formula is C6H6NOS. The van der Waals surface area contributed by atoms with Crippen molar-refractivity contribution in [3.63, 3.8) is 0 Å². The molecule has 1 unspecified atom stereocenters. The van der Waals surface area contributed by atoms with Crippen molar-refractivity contribution in [2.75, 3.05) is 0 Å². The molecule has 0 bridgehead atoms. The summed E-state index contributed by atoms with van der Waals surface area (Å²) in [6.07, 6.45) is 0. The van der Waals surface area contributed by atoms with Crippen molar-refractivity contribution in [1.29, 1.82) is 4.78 Å². The molecule has 0 spiro atoms. The lowest BCUT2D eigenvalue weighted by molar-refractivity contribution is 0.687. The maximum absolute atomic E-state index is 10.4. The first-order chi connectivity index (χ1) is 4.30. The zero-order valence-electron chi connectivity index (χ0n) is 4.66. The summed E-state index contributed by atoms with van der Waals surface area (Å²) in [5, 5.41) is 0. The summed E-state index contributed by atoms with van der Waals surface area (Å²) in [5.74, 6) is 0. The average molecular weight is 140 g/mol. The normalized spacial score (nSPS) is 12.9. The van der Waals surface area contributed by atoms with Gasteiger partial charge in [-0.1, -0.05) is 12.1 Å². The van der Waals surface area contributed by atoms with Gasteiger partial charge in [-0.15, -0.1) is 0 Å². The quantitative estimate of drug-likeness (QED) is 0.563. The van der Waals surface area contributed by atoms with E-state index in [1.54, 1.807) is 24.3 Å². The third kappa shape index (κ3) is 1.54. The van der Waals surface area contributed by atoms with E-state index in [0.29, 0.717) is 4.90 Å². The molecule has 0 aliphatic rings. The summed E-state index contributed by atoms with van der Waals surface area (Å²) < 4.78 is 17.3. The minimum atomic E-state index is -1.92. The van der Waals surface area contributed by atoms with Gasteiger partial charge in [-0.3, -0.25) is 4.78 Å². The van der Waals surface area contributed by atoms with E-state index in [9.17, 15) is 4.21 Å². The minimum absolute atomic E-state index is 0.559. The smallest absolute Gasteiger partial charge is 0.0616 e. The molecule has 0 aromatic heterocycles. The summed E-state index contributed by atoms with van der Waals surface area (Å²) in [7, 11) is -1.92. The second-order valence-electron chi connectivity index (χ2n) is 1.55. The van der Waals surface area contributed by atoms with Gasteiger partial charge in [-0.25, -0.2) is 4.21 Å². The van der Waals surface area contributed by atoms with Gasteiger partial charge in [0, 0.05) is 4.90 Å². The van der Waals surface area contributed by atoms with E-state index >= 15 is 0 Å². The molecule has 1 aromatic rings. The molecule has 0 aliphatic carbocycles. The number of benzene rings is 1. The fraction of sp³-hybridized carbons (Fsp3) is 0. The van der Waals surface area contributed by atoms with Crippen LogP contribution in [0, 0.1) is 10.8 Å². The standard InChI is InChI=1S/C6H6NOS/c7-9(8)6-4-2-1-3-5-6/h2-5,7,9H. The summed E-state index contributed by atoms with van der Waals surface area (Å²) in [5.41, 5.74) is 0. The lowest BCUT2D eigenvalue weighted by Crippen LogP contribution is -1.73. The Morgan fingerprint density at radius 3 is 2.33 bits per heavy atom.